The van der Waals surface area contributed by atoms with Crippen molar-refractivity contribution in [3.8, 4) is 0 Å². The summed E-state index contributed by atoms with van der Waals surface area (Å²) in [4.78, 5) is 33.2. The first-order valence-corrected chi connectivity index (χ1v) is 6.49. The number of anilines is 1. The summed E-state index contributed by atoms with van der Waals surface area (Å²) < 4.78 is 0. The Labute approximate surface area is 114 Å². The average molecular weight is 282 g/mol. The molecule has 0 heterocycles. The number of carboxylic acid groups (broad SMARTS) is 1. The molecule has 1 aromatic carbocycles. The number of hydrogen-bond donors (Lipinski definition) is 3. The van der Waals surface area contributed by atoms with Gasteiger partial charge in [-0.25, -0.2) is 0 Å². The molecule has 2 amide bonds. The number of nitrogens with two attached hydrogens (primary N) is 1. The van der Waals surface area contributed by atoms with Crippen LogP contribution < -0.4 is 11.1 Å². The van der Waals surface area contributed by atoms with Gasteiger partial charge in [-0.2, -0.15) is 0 Å². The van der Waals surface area contributed by atoms with Crippen molar-refractivity contribution in [2.45, 2.75) is 17.7 Å². The second-order valence-corrected chi connectivity index (χ2v) is 4.77. The van der Waals surface area contributed by atoms with Crippen LogP contribution in [0.5, 0.6) is 0 Å². The van der Waals surface area contributed by atoms with Crippen molar-refractivity contribution in [3.63, 3.8) is 0 Å². The first kappa shape index (κ1) is 15.0. The Balaban J connectivity index is 2.45. The summed E-state index contributed by atoms with van der Waals surface area (Å²) in [6.45, 7) is 0. The minimum absolute atomic E-state index is 0.0620. The fourth-order valence-corrected chi connectivity index (χ4v) is 1.87. The zero-order chi connectivity index (χ0) is 14.3. The Morgan fingerprint density at radius 2 is 1.79 bits per heavy atom. The van der Waals surface area contributed by atoms with Gasteiger partial charge in [0.25, 0.3) is 0 Å². The number of nitrogens with one attached hydrogen (secondary N) is 1. The number of rotatable bonds is 7. The molecule has 1 rings (SSSR count). The molecule has 7 heteroatoms. The summed E-state index contributed by atoms with van der Waals surface area (Å²) in [5.41, 5.74) is 5.61. The zero-order valence-corrected chi connectivity index (χ0v) is 10.9. The molecule has 0 spiro atoms. The van der Waals surface area contributed by atoms with Crippen molar-refractivity contribution in [1.82, 2.24) is 0 Å². The van der Waals surface area contributed by atoms with Crippen LogP contribution in [0.2, 0.25) is 0 Å². The standard InChI is InChI=1S/C12H14N2O4S/c13-10(15)7-19-9-3-1-8(2-4-9)14-11(16)5-6-12(17)18/h1-4H,5-7H2,(H2,13,15)(H,14,16)(H,17,18). The van der Waals surface area contributed by atoms with Crippen LogP contribution in [0, 0.1) is 0 Å². The minimum Gasteiger partial charge on any atom is -0.481 e. The third-order valence-corrected chi connectivity index (χ3v) is 3.12. The highest BCUT2D eigenvalue weighted by atomic mass is 32.2. The van der Waals surface area contributed by atoms with E-state index in [0.29, 0.717) is 5.69 Å². The van der Waals surface area contributed by atoms with Crippen LogP contribution in [0.15, 0.2) is 29.2 Å². The summed E-state index contributed by atoms with van der Waals surface area (Å²) in [6.07, 6.45) is -0.258. The molecule has 102 valence electrons. The molecular weight excluding hydrogens is 268 g/mol. The lowest BCUT2D eigenvalue weighted by Crippen LogP contribution is -2.13. The second kappa shape index (κ2) is 7.42. The molecule has 0 atom stereocenters. The predicted octanol–water partition coefficient (Wildman–Crippen LogP) is 1.07. The van der Waals surface area contributed by atoms with E-state index >= 15 is 0 Å². The minimum atomic E-state index is -1.01. The van der Waals surface area contributed by atoms with E-state index in [0.717, 1.165) is 4.90 Å². The summed E-state index contributed by atoms with van der Waals surface area (Å²) in [6, 6.07) is 6.87. The Bertz CT molecular complexity index is 473. The lowest BCUT2D eigenvalue weighted by Gasteiger charge is -2.05. The van der Waals surface area contributed by atoms with Gasteiger partial charge < -0.3 is 16.2 Å². The average Bonchev–Trinajstić information content (AvgIpc) is 2.35. The maximum atomic E-state index is 11.4. The molecule has 0 fully saturated rings. The number of aliphatic carboxylic acids is 1. The highest BCUT2D eigenvalue weighted by molar-refractivity contribution is 8.00. The van der Waals surface area contributed by atoms with Crippen LogP contribution in [0.4, 0.5) is 5.69 Å². The molecule has 0 radical (unpaired) electrons. The summed E-state index contributed by atoms with van der Waals surface area (Å²) in [5, 5.41) is 11.0. The van der Waals surface area contributed by atoms with Crippen LogP contribution in [0.3, 0.4) is 0 Å². The van der Waals surface area contributed by atoms with Gasteiger partial charge >= 0.3 is 5.97 Å². The molecule has 0 saturated heterocycles. The van der Waals surface area contributed by atoms with Crippen LogP contribution in [-0.4, -0.2) is 28.6 Å². The quantitative estimate of drug-likeness (QED) is 0.648. The number of carbonyl (C=O) groups is 3. The second-order valence-electron chi connectivity index (χ2n) is 3.72. The first-order chi connectivity index (χ1) is 8.97. The van der Waals surface area contributed by atoms with E-state index in [-0.39, 0.29) is 24.5 Å². The van der Waals surface area contributed by atoms with Gasteiger partial charge in [0.2, 0.25) is 11.8 Å². The zero-order valence-electron chi connectivity index (χ0n) is 10.1. The maximum absolute atomic E-state index is 11.4. The molecule has 0 bridgehead atoms. The van der Waals surface area contributed by atoms with Gasteiger partial charge in [0, 0.05) is 17.0 Å². The normalized spacial score (nSPS) is 9.89. The van der Waals surface area contributed by atoms with Crippen molar-refractivity contribution >= 4 is 35.2 Å². The molecule has 1 aromatic rings. The summed E-state index contributed by atoms with van der Waals surface area (Å²) >= 11 is 1.31. The smallest absolute Gasteiger partial charge is 0.303 e. The Morgan fingerprint density at radius 3 is 2.32 bits per heavy atom. The molecule has 6 nitrogen and oxygen atoms in total. The van der Waals surface area contributed by atoms with Gasteiger partial charge in [0.1, 0.15) is 0 Å². The number of carboxylic acids is 1. The summed E-state index contributed by atoms with van der Waals surface area (Å²) in [5.74, 6) is -1.55. The molecule has 0 aliphatic carbocycles. The van der Waals surface area contributed by atoms with Crippen molar-refractivity contribution in [2.24, 2.45) is 5.73 Å². The molecular formula is C12H14N2O4S. The molecule has 19 heavy (non-hydrogen) atoms. The molecule has 0 aliphatic rings. The van der Waals surface area contributed by atoms with Crippen molar-refractivity contribution in [1.29, 1.82) is 0 Å². The third kappa shape index (κ3) is 6.46. The van der Waals surface area contributed by atoms with Crippen molar-refractivity contribution in [2.75, 3.05) is 11.1 Å². The van der Waals surface area contributed by atoms with Crippen molar-refractivity contribution in [3.05, 3.63) is 24.3 Å². The number of hydrogen-bond acceptors (Lipinski definition) is 4. The van der Waals surface area contributed by atoms with E-state index in [9.17, 15) is 14.4 Å². The largest absolute Gasteiger partial charge is 0.481 e. The topological polar surface area (TPSA) is 109 Å². The fraction of sp³-hybridized carbons (Fsp3) is 0.250. The van der Waals surface area contributed by atoms with Gasteiger partial charge in [0.15, 0.2) is 0 Å². The number of amides is 2. The van der Waals surface area contributed by atoms with Crippen LogP contribution >= 0.6 is 11.8 Å². The number of carbonyl (C=O) groups excluding carboxylic acids is 2. The number of benzene rings is 1. The lowest BCUT2D eigenvalue weighted by molar-refractivity contribution is -0.138. The van der Waals surface area contributed by atoms with E-state index in [2.05, 4.69) is 5.32 Å². The van der Waals surface area contributed by atoms with E-state index in [4.69, 9.17) is 10.8 Å². The third-order valence-electron chi connectivity index (χ3n) is 2.09. The predicted molar refractivity (Wildman–Crippen MR) is 71.9 cm³/mol. The lowest BCUT2D eigenvalue weighted by atomic mass is 10.2. The highest BCUT2D eigenvalue weighted by Gasteiger charge is 2.06. The van der Waals surface area contributed by atoms with Crippen LogP contribution in [-0.2, 0) is 14.4 Å². The number of thioether (sulfide) groups is 1. The van der Waals surface area contributed by atoms with E-state index in [1.807, 2.05) is 0 Å². The van der Waals surface area contributed by atoms with Gasteiger partial charge in [-0.15, -0.1) is 11.8 Å². The van der Waals surface area contributed by atoms with Gasteiger partial charge in [-0.1, -0.05) is 0 Å². The Hall–Kier alpha value is -2.02. The van der Waals surface area contributed by atoms with Gasteiger partial charge in [-0.3, -0.25) is 14.4 Å². The molecule has 0 saturated carbocycles. The SMILES string of the molecule is NC(=O)CSc1ccc(NC(=O)CCC(=O)O)cc1. The Kier molecular flexibility index (Phi) is 5.87. The summed E-state index contributed by atoms with van der Waals surface area (Å²) in [7, 11) is 0. The fourth-order valence-electron chi connectivity index (χ4n) is 1.23. The molecule has 0 unspecified atom stereocenters. The van der Waals surface area contributed by atoms with Crippen LogP contribution in [0.25, 0.3) is 0 Å². The maximum Gasteiger partial charge on any atom is 0.303 e. The van der Waals surface area contributed by atoms with Gasteiger partial charge in [-0.05, 0) is 24.3 Å². The molecule has 4 N–H and O–H groups in total. The number of primary amides is 1. The van der Waals surface area contributed by atoms with Crippen molar-refractivity contribution < 1.29 is 19.5 Å². The first-order valence-electron chi connectivity index (χ1n) is 5.50. The Morgan fingerprint density at radius 1 is 1.16 bits per heavy atom. The van der Waals surface area contributed by atoms with E-state index in [1.54, 1.807) is 24.3 Å². The van der Waals surface area contributed by atoms with Gasteiger partial charge in [0.05, 0.1) is 12.2 Å². The van der Waals surface area contributed by atoms with E-state index in [1.165, 1.54) is 11.8 Å². The van der Waals surface area contributed by atoms with Crippen LogP contribution in [0.1, 0.15) is 12.8 Å². The molecule has 0 aliphatic heterocycles. The monoisotopic (exact) mass is 282 g/mol. The van der Waals surface area contributed by atoms with E-state index < -0.39 is 11.9 Å². The highest BCUT2D eigenvalue weighted by Crippen LogP contribution is 2.20. The molecule has 0 aromatic heterocycles.